The summed E-state index contributed by atoms with van der Waals surface area (Å²) in [6, 6.07) is 0. The molecule has 1 aliphatic rings. The molecule has 1 aliphatic carbocycles. The van der Waals surface area contributed by atoms with E-state index in [1.165, 1.54) is 0 Å². The maximum atomic E-state index is 12.0. The maximum Gasteiger partial charge on any atom is 0.411 e. The van der Waals surface area contributed by atoms with Crippen LogP contribution in [0.2, 0.25) is 0 Å². The fraction of sp³-hybridized carbons (Fsp3) is 1.00. The summed E-state index contributed by atoms with van der Waals surface area (Å²) in [5, 5.41) is 0.0769. The van der Waals surface area contributed by atoms with Gasteiger partial charge in [0.1, 0.15) is 6.61 Å². The zero-order valence-electron chi connectivity index (χ0n) is 11.9. The summed E-state index contributed by atoms with van der Waals surface area (Å²) in [4.78, 5) is 0. The summed E-state index contributed by atoms with van der Waals surface area (Å²) in [7, 11) is 0. The molecule has 0 amide bonds. The molecule has 0 aromatic carbocycles. The van der Waals surface area contributed by atoms with Crippen LogP contribution in [0, 0.1) is 17.3 Å². The highest BCUT2D eigenvalue weighted by molar-refractivity contribution is 6.20. The second kappa shape index (κ2) is 6.66. The van der Waals surface area contributed by atoms with E-state index >= 15 is 0 Å². The maximum absolute atomic E-state index is 12.0. The molecule has 1 nitrogen and oxygen atoms in total. The normalized spacial score (nSPS) is 29.5. The molecular weight excluding hydrogens is 277 g/mol. The van der Waals surface area contributed by atoms with Gasteiger partial charge in [0.05, 0.1) is 0 Å². The lowest BCUT2D eigenvalue weighted by Gasteiger charge is -2.40. The van der Waals surface area contributed by atoms with E-state index in [2.05, 4.69) is 25.5 Å². The van der Waals surface area contributed by atoms with Crippen molar-refractivity contribution in [1.29, 1.82) is 0 Å². The Balaban J connectivity index is 2.35. The Morgan fingerprint density at radius 2 is 1.79 bits per heavy atom. The Morgan fingerprint density at radius 1 is 1.16 bits per heavy atom. The third-order valence-electron chi connectivity index (χ3n) is 4.01. The Bertz CT molecular complexity index is 273. The molecule has 0 aromatic rings. The SMILES string of the molecule is CC(C)(C)C1CCC(Cl)C(CCOCC(F)(F)F)C1. The molecule has 0 spiro atoms. The summed E-state index contributed by atoms with van der Waals surface area (Å²) in [5.41, 5.74) is 0.238. The highest BCUT2D eigenvalue weighted by Crippen LogP contribution is 2.43. The van der Waals surface area contributed by atoms with E-state index in [-0.39, 0.29) is 23.3 Å². The molecule has 0 N–H and O–H groups in total. The number of alkyl halides is 4. The largest absolute Gasteiger partial charge is 0.411 e. The minimum atomic E-state index is -4.24. The van der Waals surface area contributed by atoms with Crippen molar-refractivity contribution in [3.05, 3.63) is 0 Å². The topological polar surface area (TPSA) is 9.23 Å². The van der Waals surface area contributed by atoms with Gasteiger partial charge in [-0.1, -0.05) is 20.8 Å². The van der Waals surface area contributed by atoms with E-state index in [1.807, 2.05) is 0 Å². The highest BCUT2D eigenvalue weighted by Gasteiger charge is 2.35. The van der Waals surface area contributed by atoms with Crippen LogP contribution in [0.1, 0.15) is 46.5 Å². The third-order valence-corrected chi connectivity index (χ3v) is 4.59. The van der Waals surface area contributed by atoms with Crippen LogP contribution in [0.25, 0.3) is 0 Å². The summed E-state index contributed by atoms with van der Waals surface area (Å²) < 4.78 is 40.6. The van der Waals surface area contributed by atoms with Gasteiger partial charge in [0, 0.05) is 12.0 Å². The van der Waals surface area contributed by atoms with Gasteiger partial charge in [0.15, 0.2) is 0 Å². The Kier molecular flexibility index (Phi) is 5.99. The summed E-state index contributed by atoms with van der Waals surface area (Å²) >= 11 is 6.29. The van der Waals surface area contributed by atoms with Gasteiger partial charge in [-0.05, 0) is 42.9 Å². The molecule has 5 heteroatoms. The van der Waals surface area contributed by atoms with Crippen LogP contribution in [-0.4, -0.2) is 24.8 Å². The van der Waals surface area contributed by atoms with E-state index in [0.29, 0.717) is 12.3 Å². The minimum Gasteiger partial charge on any atom is -0.372 e. The monoisotopic (exact) mass is 300 g/mol. The Morgan fingerprint density at radius 3 is 2.32 bits per heavy atom. The van der Waals surface area contributed by atoms with Gasteiger partial charge in [-0.3, -0.25) is 0 Å². The number of ether oxygens (including phenoxy) is 1. The van der Waals surface area contributed by atoms with E-state index in [4.69, 9.17) is 11.6 Å². The number of rotatable bonds is 4. The average molecular weight is 301 g/mol. The Labute approximate surface area is 118 Å². The summed E-state index contributed by atoms with van der Waals surface area (Å²) in [6.45, 7) is 5.62. The molecule has 0 saturated heterocycles. The molecule has 0 heterocycles. The van der Waals surface area contributed by atoms with Gasteiger partial charge in [0.25, 0.3) is 0 Å². The Hall–Kier alpha value is 0.0400. The first-order valence-corrected chi connectivity index (χ1v) is 7.32. The quantitative estimate of drug-likeness (QED) is 0.523. The molecule has 19 heavy (non-hydrogen) atoms. The lowest BCUT2D eigenvalue weighted by molar-refractivity contribution is -0.174. The van der Waals surface area contributed by atoms with Gasteiger partial charge >= 0.3 is 6.18 Å². The summed E-state index contributed by atoms with van der Waals surface area (Å²) in [6.07, 6.45) is -0.560. The van der Waals surface area contributed by atoms with E-state index < -0.39 is 12.8 Å². The zero-order valence-corrected chi connectivity index (χ0v) is 12.7. The van der Waals surface area contributed by atoms with E-state index in [0.717, 1.165) is 19.3 Å². The third kappa shape index (κ3) is 6.35. The fourth-order valence-corrected chi connectivity index (χ4v) is 3.09. The van der Waals surface area contributed by atoms with Crippen LogP contribution in [-0.2, 0) is 4.74 Å². The number of hydrogen-bond donors (Lipinski definition) is 0. The van der Waals surface area contributed by atoms with Gasteiger partial charge in [-0.2, -0.15) is 13.2 Å². The van der Waals surface area contributed by atoms with Crippen LogP contribution in [0.3, 0.4) is 0 Å². The van der Waals surface area contributed by atoms with E-state index in [1.54, 1.807) is 0 Å². The number of halogens is 4. The molecule has 0 aliphatic heterocycles. The first-order chi connectivity index (χ1) is 8.59. The van der Waals surface area contributed by atoms with Crippen molar-refractivity contribution in [3.63, 3.8) is 0 Å². The minimum absolute atomic E-state index is 0.0769. The second-order valence-electron chi connectivity index (χ2n) is 6.61. The van der Waals surface area contributed by atoms with Crippen molar-refractivity contribution in [3.8, 4) is 0 Å². The standard InChI is InChI=1S/C14H24ClF3O/c1-13(2,3)11-4-5-12(15)10(8-11)6-7-19-9-14(16,17)18/h10-12H,4-9H2,1-3H3. The van der Waals surface area contributed by atoms with Crippen molar-refractivity contribution in [1.82, 2.24) is 0 Å². The zero-order chi connectivity index (χ0) is 14.7. The molecule has 0 aromatic heterocycles. The van der Waals surface area contributed by atoms with Crippen molar-refractivity contribution >= 4 is 11.6 Å². The van der Waals surface area contributed by atoms with Crippen LogP contribution in [0.4, 0.5) is 13.2 Å². The predicted molar refractivity (Wildman–Crippen MR) is 71.4 cm³/mol. The molecule has 114 valence electrons. The first kappa shape index (κ1) is 17.1. The average Bonchev–Trinajstić information content (AvgIpc) is 2.23. The molecule has 1 saturated carbocycles. The van der Waals surface area contributed by atoms with Crippen LogP contribution in [0.5, 0.6) is 0 Å². The van der Waals surface area contributed by atoms with Crippen molar-refractivity contribution < 1.29 is 17.9 Å². The molecule has 3 atom stereocenters. The van der Waals surface area contributed by atoms with Crippen LogP contribution < -0.4 is 0 Å². The first-order valence-electron chi connectivity index (χ1n) is 6.88. The van der Waals surface area contributed by atoms with Crippen LogP contribution in [0.15, 0.2) is 0 Å². The van der Waals surface area contributed by atoms with Gasteiger partial charge in [-0.25, -0.2) is 0 Å². The lowest BCUT2D eigenvalue weighted by Crippen LogP contribution is -2.33. The molecule has 1 fully saturated rings. The van der Waals surface area contributed by atoms with Gasteiger partial charge in [0.2, 0.25) is 0 Å². The number of hydrogen-bond acceptors (Lipinski definition) is 1. The smallest absolute Gasteiger partial charge is 0.372 e. The fourth-order valence-electron chi connectivity index (χ4n) is 2.73. The predicted octanol–water partition coefficient (Wildman–Crippen LogP) is 5.03. The van der Waals surface area contributed by atoms with Crippen molar-refractivity contribution in [2.75, 3.05) is 13.2 Å². The lowest BCUT2D eigenvalue weighted by atomic mass is 9.68. The van der Waals surface area contributed by atoms with Gasteiger partial charge in [-0.15, -0.1) is 11.6 Å². The molecule has 0 radical (unpaired) electrons. The second-order valence-corrected chi connectivity index (χ2v) is 7.17. The van der Waals surface area contributed by atoms with E-state index in [9.17, 15) is 13.2 Å². The van der Waals surface area contributed by atoms with Gasteiger partial charge < -0.3 is 4.74 Å². The molecule has 3 unspecified atom stereocenters. The van der Waals surface area contributed by atoms with Crippen LogP contribution >= 0.6 is 11.6 Å². The van der Waals surface area contributed by atoms with Crippen molar-refractivity contribution in [2.24, 2.45) is 17.3 Å². The highest BCUT2D eigenvalue weighted by atomic mass is 35.5. The molecule has 0 bridgehead atoms. The molecular formula is C14H24ClF3O. The summed E-state index contributed by atoms with van der Waals surface area (Å²) in [5.74, 6) is 0.864. The van der Waals surface area contributed by atoms with Crippen molar-refractivity contribution in [2.45, 2.75) is 58.0 Å². The molecule has 1 rings (SSSR count).